The van der Waals surface area contributed by atoms with E-state index in [1.807, 2.05) is 0 Å². The van der Waals surface area contributed by atoms with E-state index >= 15 is 0 Å². The molecule has 1 fully saturated rings. The minimum absolute atomic E-state index is 0.183. The molecule has 0 saturated carbocycles. The van der Waals surface area contributed by atoms with Crippen LogP contribution in [0, 0.1) is 5.92 Å². The molecule has 1 aromatic rings. The van der Waals surface area contributed by atoms with Gasteiger partial charge in [0.2, 0.25) is 0 Å². The van der Waals surface area contributed by atoms with Crippen molar-refractivity contribution < 1.29 is 14.2 Å². The smallest absolute Gasteiger partial charge is 0.169 e. The number of halogens is 1. The molecule has 2 atom stereocenters. The van der Waals surface area contributed by atoms with Gasteiger partial charge >= 0.3 is 0 Å². The molecule has 0 spiro atoms. The highest BCUT2D eigenvalue weighted by molar-refractivity contribution is 6.32. The molecule has 2 heterocycles. The normalized spacial score (nSPS) is 25.1. The predicted octanol–water partition coefficient (Wildman–Crippen LogP) is 2.07. The average Bonchev–Trinajstić information content (AvgIpc) is 2.86. The standard InChI is InChI=1S/C15H21ClN2O3/c1-18-8-9(7-17)5-11(18)13-14(19-2)10(16)6-12-15(13)21-4-3-20-12/h6,9,11H,3-5,7-8,17H2,1-2H3. The van der Waals surface area contributed by atoms with Gasteiger partial charge in [0.1, 0.15) is 19.0 Å². The second-order valence-corrected chi connectivity index (χ2v) is 6.03. The number of hydrogen-bond donors (Lipinski definition) is 1. The quantitative estimate of drug-likeness (QED) is 0.926. The van der Waals surface area contributed by atoms with Gasteiger partial charge in [0, 0.05) is 18.7 Å². The summed E-state index contributed by atoms with van der Waals surface area (Å²) in [6.07, 6.45) is 0.972. The zero-order valence-corrected chi connectivity index (χ0v) is 13.2. The molecule has 0 radical (unpaired) electrons. The first-order valence-electron chi connectivity index (χ1n) is 7.22. The fraction of sp³-hybridized carbons (Fsp3) is 0.600. The number of rotatable bonds is 3. The van der Waals surface area contributed by atoms with Gasteiger partial charge in [0.05, 0.1) is 17.7 Å². The third kappa shape index (κ3) is 2.54. The van der Waals surface area contributed by atoms with Crippen molar-refractivity contribution in [3.05, 3.63) is 16.7 Å². The largest absolute Gasteiger partial charge is 0.495 e. The molecule has 116 valence electrons. The van der Waals surface area contributed by atoms with Crippen molar-refractivity contribution in [2.45, 2.75) is 12.5 Å². The monoisotopic (exact) mass is 312 g/mol. The second-order valence-electron chi connectivity index (χ2n) is 5.62. The predicted molar refractivity (Wildman–Crippen MR) is 81.5 cm³/mol. The first-order chi connectivity index (χ1) is 10.2. The molecular weight excluding hydrogens is 292 g/mol. The third-order valence-corrected chi connectivity index (χ3v) is 4.56. The van der Waals surface area contributed by atoms with Gasteiger partial charge in [0.25, 0.3) is 0 Å². The summed E-state index contributed by atoms with van der Waals surface area (Å²) in [6.45, 7) is 2.73. The lowest BCUT2D eigenvalue weighted by Crippen LogP contribution is -2.23. The molecule has 3 rings (SSSR count). The Morgan fingerprint density at radius 1 is 1.43 bits per heavy atom. The Morgan fingerprint density at radius 2 is 2.19 bits per heavy atom. The highest BCUT2D eigenvalue weighted by atomic mass is 35.5. The molecule has 2 unspecified atom stereocenters. The number of nitrogens with two attached hydrogens (primary N) is 1. The van der Waals surface area contributed by atoms with Crippen LogP contribution in [-0.4, -0.2) is 45.4 Å². The van der Waals surface area contributed by atoms with Crippen LogP contribution in [-0.2, 0) is 0 Å². The van der Waals surface area contributed by atoms with Gasteiger partial charge in [-0.15, -0.1) is 0 Å². The topological polar surface area (TPSA) is 57.0 Å². The Hall–Kier alpha value is -1.17. The van der Waals surface area contributed by atoms with Crippen LogP contribution in [0.15, 0.2) is 6.07 Å². The Kier molecular flexibility index (Phi) is 4.15. The maximum absolute atomic E-state index is 6.36. The zero-order valence-electron chi connectivity index (χ0n) is 12.4. The van der Waals surface area contributed by atoms with Crippen LogP contribution in [0.3, 0.4) is 0 Å². The van der Waals surface area contributed by atoms with Crippen LogP contribution in [0.25, 0.3) is 0 Å². The van der Waals surface area contributed by atoms with E-state index in [4.69, 9.17) is 31.5 Å². The molecule has 1 saturated heterocycles. The molecule has 2 N–H and O–H groups in total. The van der Waals surface area contributed by atoms with Gasteiger partial charge in [-0.05, 0) is 25.9 Å². The van der Waals surface area contributed by atoms with Crippen LogP contribution in [0.2, 0.25) is 5.02 Å². The number of methoxy groups -OCH3 is 1. The van der Waals surface area contributed by atoms with Crippen molar-refractivity contribution in [3.63, 3.8) is 0 Å². The summed E-state index contributed by atoms with van der Waals surface area (Å²) >= 11 is 6.36. The molecule has 0 aromatic heterocycles. The van der Waals surface area contributed by atoms with Crippen molar-refractivity contribution in [1.82, 2.24) is 4.90 Å². The summed E-state index contributed by atoms with van der Waals surface area (Å²) < 4.78 is 17.1. The highest BCUT2D eigenvalue weighted by Gasteiger charge is 2.36. The lowest BCUT2D eigenvalue weighted by Gasteiger charge is -2.28. The number of hydrogen-bond acceptors (Lipinski definition) is 5. The highest BCUT2D eigenvalue weighted by Crippen LogP contribution is 2.51. The number of likely N-dealkylation sites (tertiary alicyclic amines) is 1. The molecule has 0 amide bonds. The fourth-order valence-electron chi connectivity index (χ4n) is 3.29. The van der Waals surface area contributed by atoms with E-state index in [0.717, 1.165) is 24.3 Å². The van der Waals surface area contributed by atoms with E-state index in [2.05, 4.69) is 11.9 Å². The fourth-order valence-corrected chi connectivity index (χ4v) is 3.56. The molecule has 5 nitrogen and oxygen atoms in total. The van der Waals surface area contributed by atoms with E-state index in [1.54, 1.807) is 13.2 Å². The van der Waals surface area contributed by atoms with Crippen LogP contribution >= 0.6 is 11.6 Å². The Balaban J connectivity index is 2.09. The SMILES string of the molecule is COc1c(Cl)cc2c(c1C1CC(CN)CN1C)OCCO2. The number of fused-ring (bicyclic) bond motifs is 1. The maximum Gasteiger partial charge on any atom is 0.169 e. The summed E-state index contributed by atoms with van der Waals surface area (Å²) in [5.74, 6) is 2.61. The summed E-state index contributed by atoms with van der Waals surface area (Å²) in [5, 5.41) is 0.557. The molecule has 21 heavy (non-hydrogen) atoms. The van der Waals surface area contributed by atoms with Crippen molar-refractivity contribution in [2.75, 3.05) is 40.5 Å². The van der Waals surface area contributed by atoms with Crippen LogP contribution < -0.4 is 19.9 Å². The molecule has 2 aliphatic rings. The molecule has 0 aliphatic carbocycles. The Morgan fingerprint density at radius 3 is 2.86 bits per heavy atom. The average molecular weight is 313 g/mol. The lowest BCUT2D eigenvalue weighted by atomic mass is 9.97. The summed E-state index contributed by atoms with van der Waals surface area (Å²) in [4.78, 5) is 2.28. The molecule has 1 aromatic carbocycles. The number of benzene rings is 1. The first-order valence-corrected chi connectivity index (χ1v) is 7.59. The van der Waals surface area contributed by atoms with Gasteiger partial charge in [-0.3, -0.25) is 4.90 Å². The van der Waals surface area contributed by atoms with Gasteiger partial charge < -0.3 is 19.9 Å². The molecular formula is C15H21ClN2O3. The molecule has 2 aliphatic heterocycles. The van der Waals surface area contributed by atoms with Gasteiger partial charge in [-0.25, -0.2) is 0 Å². The van der Waals surface area contributed by atoms with Crippen molar-refractivity contribution in [3.8, 4) is 17.2 Å². The van der Waals surface area contributed by atoms with Crippen molar-refractivity contribution in [2.24, 2.45) is 11.7 Å². The van der Waals surface area contributed by atoms with Crippen molar-refractivity contribution >= 4 is 11.6 Å². The van der Waals surface area contributed by atoms with Crippen molar-refractivity contribution in [1.29, 1.82) is 0 Å². The van der Waals surface area contributed by atoms with Gasteiger partial charge in [-0.1, -0.05) is 11.6 Å². The molecule has 0 bridgehead atoms. The van der Waals surface area contributed by atoms with E-state index in [-0.39, 0.29) is 6.04 Å². The molecule has 6 heteroatoms. The number of nitrogens with zero attached hydrogens (tertiary/aromatic N) is 1. The van der Waals surface area contributed by atoms with Gasteiger partial charge in [-0.2, -0.15) is 0 Å². The van der Waals surface area contributed by atoms with Crippen LogP contribution in [0.1, 0.15) is 18.0 Å². The minimum atomic E-state index is 0.183. The van der Waals surface area contributed by atoms with Gasteiger partial charge in [0.15, 0.2) is 11.5 Å². The van der Waals surface area contributed by atoms with E-state index in [0.29, 0.717) is 42.2 Å². The summed E-state index contributed by atoms with van der Waals surface area (Å²) in [5.41, 5.74) is 6.82. The maximum atomic E-state index is 6.36. The summed E-state index contributed by atoms with van der Waals surface area (Å²) in [6, 6.07) is 1.95. The second kappa shape index (κ2) is 5.91. The zero-order chi connectivity index (χ0) is 15.0. The van der Waals surface area contributed by atoms with E-state index < -0.39 is 0 Å². The Labute approximate surface area is 129 Å². The van der Waals surface area contributed by atoms with E-state index in [1.165, 1.54) is 0 Å². The van der Waals surface area contributed by atoms with E-state index in [9.17, 15) is 0 Å². The minimum Gasteiger partial charge on any atom is -0.495 e. The number of ether oxygens (including phenoxy) is 3. The van der Waals surface area contributed by atoms with Crippen LogP contribution in [0.4, 0.5) is 0 Å². The third-order valence-electron chi connectivity index (χ3n) is 4.28. The lowest BCUT2D eigenvalue weighted by molar-refractivity contribution is 0.164. The van der Waals surface area contributed by atoms with Crippen LogP contribution in [0.5, 0.6) is 17.2 Å². The summed E-state index contributed by atoms with van der Waals surface area (Å²) in [7, 11) is 3.73. The Bertz CT molecular complexity index is 538. The first kappa shape index (κ1) is 14.8.